The van der Waals surface area contributed by atoms with Crippen LogP contribution < -0.4 is 10.6 Å². The Bertz CT molecular complexity index is 515. The molecule has 21 heavy (non-hydrogen) atoms. The number of carbonyl (C=O) groups is 1. The van der Waals surface area contributed by atoms with Crippen LogP contribution in [0.4, 0.5) is 4.79 Å². The van der Waals surface area contributed by atoms with E-state index < -0.39 is 0 Å². The molecule has 0 aliphatic heterocycles. The fraction of sp³-hybridized carbons (Fsp3) is 0.750. The SMILES string of the molecule is Cn1nccc1CNC(=O)NC12CC3CC(CC(C3)C1)C2. The molecule has 2 amide bonds. The molecule has 4 fully saturated rings. The molecular weight excluding hydrogens is 264 g/mol. The van der Waals surface area contributed by atoms with E-state index in [4.69, 9.17) is 0 Å². The molecule has 0 atom stereocenters. The van der Waals surface area contributed by atoms with Crippen molar-refractivity contribution in [3.05, 3.63) is 18.0 Å². The molecule has 1 heterocycles. The molecule has 5 rings (SSSR count). The molecule has 0 unspecified atom stereocenters. The fourth-order valence-electron chi connectivity index (χ4n) is 5.29. The van der Waals surface area contributed by atoms with Gasteiger partial charge in [0.2, 0.25) is 0 Å². The highest BCUT2D eigenvalue weighted by molar-refractivity contribution is 5.74. The highest BCUT2D eigenvalue weighted by Gasteiger charge is 2.51. The zero-order valence-electron chi connectivity index (χ0n) is 12.6. The van der Waals surface area contributed by atoms with Crippen LogP contribution in [0.5, 0.6) is 0 Å². The lowest BCUT2D eigenvalue weighted by Gasteiger charge is -2.56. The normalized spacial score (nSPS) is 36.7. The molecule has 0 spiro atoms. The second-order valence-electron chi connectivity index (χ2n) is 7.45. The van der Waals surface area contributed by atoms with E-state index in [1.807, 2.05) is 13.1 Å². The van der Waals surface area contributed by atoms with Crippen LogP contribution in [0, 0.1) is 17.8 Å². The summed E-state index contributed by atoms with van der Waals surface area (Å²) in [6, 6.07) is 1.92. The van der Waals surface area contributed by atoms with Gasteiger partial charge in [0.05, 0.1) is 12.2 Å². The maximum Gasteiger partial charge on any atom is 0.315 e. The van der Waals surface area contributed by atoms with Crippen LogP contribution in [-0.2, 0) is 13.6 Å². The van der Waals surface area contributed by atoms with Crippen LogP contribution in [0.15, 0.2) is 12.3 Å². The van der Waals surface area contributed by atoms with Crippen molar-refractivity contribution >= 4 is 6.03 Å². The molecule has 0 saturated heterocycles. The smallest absolute Gasteiger partial charge is 0.315 e. The maximum absolute atomic E-state index is 12.3. The summed E-state index contributed by atoms with van der Waals surface area (Å²) in [6.45, 7) is 0.536. The zero-order chi connectivity index (χ0) is 14.4. The number of rotatable bonds is 3. The van der Waals surface area contributed by atoms with Gasteiger partial charge in [-0.05, 0) is 62.3 Å². The van der Waals surface area contributed by atoms with Crippen LogP contribution in [0.1, 0.15) is 44.2 Å². The monoisotopic (exact) mass is 288 g/mol. The summed E-state index contributed by atoms with van der Waals surface area (Å²) in [7, 11) is 1.90. The van der Waals surface area contributed by atoms with Gasteiger partial charge in [0.1, 0.15) is 0 Å². The predicted octanol–water partition coefficient (Wildman–Crippen LogP) is 2.19. The van der Waals surface area contributed by atoms with E-state index in [9.17, 15) is 4.79 Å². The van der Waals surface area contributed by atoms with E-state index in [0.717, 1.165) is 23.4 Å². The zero-order valence-corrected chi connectivity index (χ0v) is 12.6. The average molecular weight is 288 g/mol. The van der Waals surface area contributed by atoms with E-state index in [1.54, 1.807) is 10.9 Å². The average Bonchev–Trinajstić information content (AvgIpc) is 2.79. The number of hydrogen-bond donors (Lipinski definition) is 2. The standard InChI is InChI=1S/C16H24N4O/c1-20-14(2-3-18-20)10-17-15(21)19-16-7-11-4-12(8-16)6-13(5-11)9-16/h2-3,11-13H,4-10H2,1H3,(H2,17,19,21). The Morgan fingerprint density at radius 1 is 1.29 bits per heavy atom. The predicted molar refractivity (Wildman–Crippen MR) is 79.5 cm³/mol. The van der Waals surface area contributed by atoms with Gasteiger partial charge < -0.3 is 10.6 Å². The van der Waals surface area contributed by atoms with Gasteiger partial charge >= 0.3 is 6.03 Å². The molecule has 5 nitrogen and oxygen atoms in total. The lowest BCUT2D eigenvalue weighted by atomic mass is 9.53. The lowest BCUT2D eigenvalue weighted by molar-refractivity contribution is -0.0135. The van der Waals surface area contributed by atoms with Gasteiger partial charge in [-0.2, -0.15) is 5.10 Å². The molecule has 4 saturated carbocycles. The first-order valence-corrected chi connectivity index (χ1v) is 8.15. The molecule has 2 N–H and O–H groups in total. The minimum absolute atomic E-state index is 0.0156. The topological polar surface area (TPSA) is 59.0 Å². The number of nitrogens with one attached hydrogen (secondary N) is 2. The van der Waals surface area contributed by atoms with Crippen LogP contribution in [0.3, 0.4) is 0 Å². The van der Waals surface area contributed by atoms with E-state index in [1.165, 1.54) is 38.5 Å². The molecule has 1 aromatic heterocycles. The molecule has 5 heteroatoms. The van der Waals surface area contributed by atoms with Crippen molar-refractivity contribution in [2.45, 2.75) is 50.6 Å². The van der Waals surface area contributed by atoms with Crippen molar-refractivity contribution in [2.24, 2.45) is 24.8 Å². The Hall–Kier alpha value is -1.52. The van der Waals surface area contributed by atoms with Crippen molar-refractivity contribution in [3.63, 3.8) is 0 Å². The number of amides is 2. The molecule has 4 aliphatic carbocycles. The van der Waals surface area contributed by atoms with Crippen LogP contribution in [0.25, 0.3) is 0 Å². The lowest BCUT2D eigenvalue weighted by Crippen LogP contribution is -2.61. The minimum atomic E-state index is -0.0156. The first-order valence-electron chi connectivity index (χ1n) is 8.15. The Morgan fingerprint density at radius 3 is 2.43 bits per heavy atom. The van der Waals surface area contributed by atoms with Crippen molar-refractivity contribution in [2.75, 3.05) is 0 Å². The second-order valence-corrected chi connectivity index (χ2v) is 7.45. The molecular formula is C16H24N4O. The van der Waals surface area contributed by atoms with E-state index >= 15 is 0 Å². The Balaban J connectivity index is 1.37. The van der Waals surface area contributed by atoms with Gasteiger partial charge in [-0.25, -0.2) is 4.79 Å². The fourth-order valence-corrected chi connectivity index (χ4v) is 5.29. The number of urea groups is 1. The van der Waals surface area contributed by atoms with Gasteiger partial charge in [-0.15, -0.1) is 0 Å². The third-order valence-corrected chi connectivity index (χ3v) is 5.77. The number of carbonyl (C=O) groups excluding carboxylic acids is 1. The summed E-state index contributed by atoms with van der Waals surface area (Å²) in [5.74, 6) is 2.57. The molecule has 0 aromatic carbocycles. The summed E-state index contributed by atoms with van der Waals surface area (Å²) < 4.78 is 1.80. The first kappa shape index (κ1) is 13.2. The minimum Gasteiger partial charge on any atom is -0.333 e. The summed E-state index contributed by atoms with van der Waals surface area (Å²) in [5, 5.41) is 10.4. The summed E-state index contributed by atoms with van der Waals surface area (Å²) >= 11 is 0. The van der Waals surface area contributed by atoms with E-state index in [0.29, 0.717) is 6.54 Å². The molecule has 0 radical (unpaired) electrons. The van der Waals surface area contributed by atoms with Gasteiger partial charge in [-0.3, -0.25) is 4.68 Å². The number of hydrogen-bond acceptors (Lipinski definition) is 2. The molecule has 1 aromatic rings. The van der Waals surface area contributed by atoms with Crippen LogP contribution in [-0.4, -0.2) is 21.4 Å². The maximum atomic E-state index is 12.3. The Morgan fingerprint density at radius 2 is 1.90 bits per heavy atom. The van der Waals surface area contributed by atoms with E-state index in [2.05, 4.69) is 15.7 Å². The van der Waals surface area contributed by atoms with Gasteiger partial charge in [0.15, 0.2) is 0 Å². The molecule has 4 bridgehead atoms. The van der Waals surface area contributed by atoms with Crippen molar-refractivity contribution in [1.29, 1.82) is 0 Å². The third-order valence-electron chi connectivity index (χ3n) is 5.77. The highest BCUT2D eigenvalue weighted by atomic mass is 16.2. The third kappa shape index (κ3) is 2.43. The van der Waals surface area contributed by atoms with Gasteiger partial charge in [-0.1, -0.05) is 0 Å². The number of aryl methyl sites for hydroxylation is 1. The Labute approximate surface area is 125 Å². The molecule has 114 valence electrons. The van der Waals surface area contributed by atoms with Crippen molar-refractivity contribution in [1.82, 2.24) is 20.4 Å². The van der Waals surface area contributed by atoms with Crippen molar-refractivity contribution in [3.8, 4) is 0 Å². The van der Waals surface area contributed by atoms with Gasteiger partial charge in [0.25, 0.3) is 0 Å². The summed E-state index contributed by atoms with van der Waals surface area (Å²) in [4.78, 5) is 12.3. The highest BCUT2D eigenvalue weighted by Crippen LogP contribution is 2.55. The van der Waals surface area contributed by atoms with Crippen LogP contribution >= 0.6 is 0 Å². The van der Waals surface area contributed by atoms with Crippen LogP contribution in [0.2, 0.25) is 0 Å². The summed E-state index contributed by atoms with van der Waals surface area (Å²) in [5.41, 5.74) is 1.11. The van der Waals surface area contributed by atoms with Gasteiger partial charge in [0, 0.05) is 18.8 Å². The summed E-state index contributed by atoms with van der Waals surface area (Å²) in [6.07, 6.45) is 9.54. The van der Waals surface area contributed by atoms with Crippen molar-refractivity contribution < 1.29 is 4.79 Å². The largest absolute Gasteiger partial charge is 0.333 e. The Kier molecular flexibility index (Phi) is 2.98. The van der Waals surface area contributed by atoms with E-state index in [-0.39, 0.29) is 11.6 Å². The second kappa shape index (κ2) is 4.75. The number of aromatic nitrogens is 2. The number of nitrogens with zero attached hydrogens (tertiary/aromatic N) is 2. The first-order chi connectivity index (χ1) is 10.1. The quantitative estimate of drug-likeness (QED) is 0.895. The molecule has 4 aliphatic rings.